The number of aliphatic hydroxyl groups excluding tert-OH is 13. The van der Waals surface area contributed by atoms with E-state index in [1.165, 1.54) is 29.5 Å². The summed E-state index contributed by atoms with van der Waals surface area (Å²) in [6.07, 6.45) is -12.0. The van der Waals surface area contributed by atoms with Crippen molar-refractivity contribution < 1.29 is 112 Å². The molecule has 0 radical (unpaired) electrons. The van der Waals surface area contributed by atoms with Gasteiger partial charge in [0.05, 0.1) is 44.7 Å². The van der Waals surface area contributed by atoms with E-state index < -0.39 is 109 Å². The van der Waals surface area contributed by atoms with Gasteiger partial charge < -0.3 is 101 Å². The quantitative estimate of drug-likeness (QED) is 0.0743. The van der Waals surface area contributed by atoms with Crippen LogP contribution in [0.5, 0.6) is 0 Å². The van der Waals surface area contributed by atoms with E-state index in [9.17, 15) is 49.8 Å². The van der Waals surface area contributed by atoms with Gasteiger partial charge in [-0.15, -0.1) is 0 Å². The van der Waals surface area contributed by atoms with E-state index in [0.29, 0.717) is 0 Å². The van der Waals surface area contributed by atoms with E-state index in [0.717, 1.165) is 9.13 Å². The molecule has 5 aromatic rings. The molecule has 392 valence electrons. The fourth-order valence-electron chi connectivity index (χ4n) is 7.12. The van der Waals surface area contributed by atoms with Crippen LogP contribution in [-0.2, 0) is 14.2 Å². The van der Waals surface area contributed by atoms with Crippen LogP contribution in [0, 0.1) is 31.1 Å². The molecule has 36 heteroatoms. The third-order valence-corrected chi connectivity index (χ3v) is 10.8. The molecule has 33 nitrogen and oxygen atoms in total. The van der Waals surface area contributed by atoms with Crippen LogP contribution in [-0.4, -0.2) is 214 Å². The Morgan fingerprint density at radius 1 is 0.690 bits per heavy atom. The van der Waals surface area contributed by atoms with Gasteiger partial charge in [-0.05, 0) is 32.3 Å². The molecule has 0 aliphatic carbocycles. The largest absolute Gasteiger partial charge is 0.394 e. The van der Waals surface area contributed by atoms with Gasteiger partial charge in [0.15, 0.2) is 53.5 Å². The second kappa shape index (κ2) is 26.2. The Morgan fingerprint density at radius 2 is 1.17 bits per heavy atom. The van der Waals surface area contributed by atoms with Crippen molar-refractivity contribution >= 4 is 52.6 Å². The van der Waals surface area contributed by atoms with Crippen LogP contribution < -0.4 is 33.0 Å². The minimum Gasteiger partial charge on any atom is -0.394 e. The Kier molecular flexibility index (Phi) is 22.0. The van der Waals surface area contributed by atoms with Crippen molar-refractivity contribution in [1.82, 2.24) is 48.6 Å². The van der Waals surface area contributed by atoms with E-state index >= 15 is 0 Å². The molecule has 5 aromatic heterocycles. The number of imidazole rings is 2. The summed E-state index contributed by atoms with van der Waals surface area (Å²) in [5.74, 6) is 0.0422. The zero-order valence-corrected chi connectivity index (χ0v) is 43.3. The first kappa shape index (κ1) is 59.5. The minimum absolute atomic E-state index is 0. The molecular weight excluding hydrogens is 1220 g/mol. The van der Waals surface area contributed by atoms with Crippen molar-refractivity contribution in [2.75, 3.05) is 30.5 Å². The Hall–Kier alpha value is -4.08. The molecule has 0 bridgehead atoms. The first-order chi connectivity index (χ1) is 33.1. The topological polar surface area (TPSA) is 509 Å². The molecule has 0 spiro atoms. The summed E-state index contributed by atoms with van der Waals surface area (Å²) >= 11 is 0. The number of nitrogens with zero attached hydrogens (tertiary/aromatic N) is 8. The average Bonchev–Trinajstić information content (AvgIpc) is 4.21. The summed E-state index contributed by atoms with van der Waals surface area (Å²) in [5.41, 5.74) is -1.62. The van der Waals surface area contributed by atoms with Crippen LogP contribution in [0.1, 0.15) is 32.5 Å². The first-order valence-electron chi connectivity index (χ1n) is 20.6. The van der Waals surface area contributed by atoms with E-state index in [1.54, 1.807) is 13.8 Å². The van der Waals surface area contributed by atoms with Gasteiger partial charge in [0.25, 0.3) is 16.7 Å². The molecule has 0 aromatic carbocycles. The van der Waals surface area contributed by atoms with Crippen molar-refractivity contribution in [3.05, 3.63) is 66.5 Å². The van der Waals surface area contributed by atoms with Gasteiger partial charge in [0.1, 0.15) is 54.9 Å². The molecule has 8 unspecified atom stereocenters. The smallest absolute Gasteiger partial charge is 0.325 e. The number of nitrogens with one attached hydrogen (secondary N) is 5. The summed E-state index contributed by atoms with van der Waals surface area (Å²) in [7, 11) is 4.89. The number of H-pyrrole nitrogens is 3. The van der Waals surface area contributed by atoms with Crippen LogP contribution in [0.2, 0.25) is 0 Å². The van der Waals surface area contributed by atoms with Crippen LogP contribution in [0.25, 0.3) is 22.3 Å². The van der Waals surface area contributed by atoms with Gasteiger partial charge in [0, 0.05) is 43.4 Å². The molecule has 10 rings (SSSR count). The Labute approximate surface area is 424 Å². The Bertz CT molecular complexity index is 2710. The fraction of sp³-hybridized carbons (Fsp3) is 0.600. The second-order valence-corrected chi connectivity index (χ2v) is 16.4. The average molecular weight is 1280 g/mol. The molecule has 17 atom stereocenters. The van der Waals surface area contributed by atoms with Crippen molar-refractivity contribution in [3.63, 3.8) is 0 Å². The number of hydrogen-bond acceptors (Lipinski definition) is 27. The predicted octanol–water partition coefficient (Wildman–Crippen LogP) is -8.06. The summed E-state index contributed by atoms with van der Waals surface area (Å²) in [5, 5.41) is 126. The summed E-state index contributed by atoms with van der Waals surface area (Å²) in [4.78, 5) is 67.3. The zero-order chi connectivity index (χ0) is 51.9. The number of aromatic amines is 3. The van der Waals surface area contributed by atoms with Gasteiger partial charge >= 0.3 is 5.69 Å². The molecule has 5 aliphatic heterocycles. The number of aromatic nitrogens is 10. The molecule has 18 N–H and O–H groups in total. The number of ether oxygens (including phenoxy) is 3. The second-order valence-electron chi connectivity index (χ2n) is 15.4. The maximum Gasteiger partial charge on any atom is 0.325 e. The first-order valence-corrected chi connectivity index (χ1v) is 21.5. The van der Waals surface area contributed by atoms with Crippen LogP contribution in [0.3, 0.4) is 0 Å². The standard InChI is InChI=1S/C12H15N5O7.C7H7N5O3.2C6H12O4.C4H4N2O2.H3NP2.U/c18-1-3-5(19)6(20)11(24-3)16-2-13-4-7(16)14-12-15-8(21)10(23)17(12)9(4)22;13-4-6(15)12-5(14)2-3(9-1-8-2)10-7(12)11-4;2*1-3-5(8)6(9)4(2-7)10-3;7-3-1-2-5-4(8)6-3;2-1-3;/h2-3,5-6,8,10-11,18-21,23H,1H2,(H,14,15);1,4,6,13,15H,(H,8,9)(H,10,11);2*3-9H,2H2,1H3;1-2H,(H2,5,6,7,8);2H,3H2;/t3-,5?,6+,8?,10?,11-;;2*3-,4-,5-,6?;;;/m1.11.../s1. The monoisotopic (exact) mass is 1280 g/mol. The summed E-state index contributed by atoms with van der Waals surface area (Å²) in [6, 6.07) is 1.24. The number of rotatable bonds is 4. The molecule has 0 saturated carbocycles. The number of anilines is 2. The molecular formula is C35H53N13O20P2U. The predicted molar refractivity (Wildman–Crippen MR) is 240 cm³/mol. The molecule has 3 fully saturated rings. The van der Waals surface area contributed by atoms with Gasteiger partial charge in [-0.2, -0.15) is 9.97 Å². The van der Waals surface area contributed by atoms with Crippen molar-refractivity contribution in [2.45, 2.75) is 112 Å². The number of hydrogen-bond donors (Lipinski definition) is 18. The summed E-state index contributed by atoms with van der Waals surface area (Å²) in [6.45, 7) is 2.32. The number of fused-ring (bicyclic) bond motifs is 4. The van der Waals surface area contributed by atoms with E-state index in [2.05, 4.69) is 63.5 Å². The molecule has 0 amide bonds. The third-order valence-electron chi connectivity index (χ3n) is 10.8. The van der Waals surface area contributed by atoms with Crippen molar-refractivity contribution in [1.29, 1.82) is 0 Å². The minimum atomic E-state index is -1.50. The van der Waals surface area contributed by atoms with Crippen LogP contribution in [0.4, 0.5) is 11.9 Å². The summed E-state index contributed by atoms with van der Waals surface area (Å²) < 4.78 is 21.7. The van der Waals surface area contributed by atoms with E-state index in [4.69, 9.17) is 50.0 Å². The zero-order valence-electron chi connectivity index (χ0n) is 37.0. The SMILES string of the molecule is C[C@H]1O[C@H](CO)C(O)[C@@H]1O.C[C@H]1O[C@H](CO)C(O)[C@@H]1O.O=c1c2[nH]cnc2nc2n1C(O)C(O)N2.O=c1c2ncn([C@@H]3O[C@H](CO)C(O)[C@@H]3O)c2nc2n1C(O)C(O)N2.O=c1cc[nH]c(=O)[nH]1.P=NP.[U]. The maximum atomic E-state index is 12.4. The molecule has 10 heterocycles. The van der Waals surface area contributed by atoms with E-state index in [-0.39, 0.29) is 96.3 Å². The maximum absolute atomic E-state index is 12.4. The van der Waals surface area contributed by atoms with Crippen molar-refractivity contribution in [3.8, 4) is 0 Å². The Morgan fingerprint density at radius 3 is 1.59 bits per heavy atom. The van der Waals surface area contributed by atoms with Gasteiger partial charge in [-0.25, -0.2) is 23.9 Å². The van der Waals surface area contributed by atoms with E-state index in [1.807, 2.05) is 4.98 Å². The van der Waals surface area contributed by atoms with Gasteiger partial charge in [-0.3, -0.25) is 28.5 Å². The van der Waals surface area contributed by atoms with Gasteiger partial charge in [0.2, 0.25) is 11.9 Å². The third kappa shape index (κ3) is 13.2. The van der Waals surface area contributed by atoms with Crippen LogP contribution in [0.15, 0.2) is 48.6 Å². The normalized spacial score (nSPS) is 31.8. The fourth-order valence-corrected chi connectivity index (χ4v) is 7.12. The van der Waals surface area contributed by atoms with Crippen LogP contribution >= 0.6 is 18.4 Å². The van der Waals surface area contributed by atoms with Crippen molar-refractivity contribution in [2.24, 2.45) is 4.52 Å². The molecule has 3 saturated heterocycles. The Balaban J connectivity index is 0.000000202. The van der Waals surface area contributed by atoms with Gasteiger partial charge in [-0.1, -0.05) is 0 Å². The molecule has 5 aliphatic rings. The molecule has 71 heavy (non-hydrogen) atoms. The number of aliphatic hydroxyl groups is 13.